The largest absolute Gasteiger partial charge is 0.487 e. The summed E-state index contributed by atoms with van der Waals surface area (Å²) in [5.74, 6) is -0.522. The van der Waals surface area contributed by atoms with Crippen molar-refractivity contribution in [3.63, 3.8) is 0 Å². The maximum Gasteiger partial charge on any atom is 0.256 e. The van der Waals surface area contributed by atoms with Crippen LogP contribution in [0.25, 0.3) is 11.0 Å². The minimum Gasteiger partial charge on any atom is -0.487 e. The van der Waals surface area contributed by atoms with Gasteiger partial charge in [-0.3, -0.25) is 9.59 Å². The highest BCUT2D eigenvalue weighted by molar-refractivity contribution is 6.08. The van der Waals surface area contributed by atoms with Crippen LogP contribution in [0.3, 0.4) is 0 Å². The number of hydrogen-bond acceptors (Lipinski definition) is 7. The first-order valence-electron chi connectivity index (χ1n) is 8.13. The Balaban J connectivity index is 1.86. The molecule has 27 heavy (non-hydrogen) atoms. The Morgan fingerprint density at radius 3 is 2.85 bits per heavy atom. The number of nitrogens with two attached hydrogens (primary N) is 1. The topological polar surface area (TPSA) is 141 Å². The van der Waals surface area contributed by atoms with Gasteiger partial charge in [0, 0.05) is 11.6 Å². The van der Waals surface area contributed by atoms with Gasteiger partial charge in [0.15, 0.2) is 0 Å². The number of benzene rings is 1. The van der Waals surface area contributed by atoms with E-state index in [1.165, 1.54) is 0 Å². The molecule has 9 heteroatoms. The predicted octanol–water partition coefficient (Wildman–Crippen LogP) is 0.686. The van der Waals surface area contributed by atoms with Crippen LogP contribution in [0.4, 0.5) is 0 Å². The zero-order valence-electron chi connectivity index (χ0n) is 14.5. The van der Waals surface area contributed by atoms with Gasteiger partial charge in [0.05, 0.1) is 12.2 Å². The molecule has 0 unspecified atom stereocenters. The maximum atomic E-state index is 12.6. The van der Waals surface area contributed by atoms with E-state index < -0.39 is 24.5 Å². The third kappa shape index (κ3) is 4.04. The van der Waals surface area contributed by atoms with Crippen molar-refractivity contribution in [1.82, 2.24) is 15.5 Å². The third-order valence-electron chi connectivity index (χ3n) is 3.91. The van der Waals surface area contributed by atoms with Crippen LogP contribution in [0.15, 0.2) is 40.9 Å². The number of aliphatic hydroxyl groups is 1. The Morgan fingerprint density at radius 2 is 2.19 bits per heavy atom. The quantitative estimate of drug-likeness (QED) is 0.555. The number of hydrogen-bond donors (Lipinski definition) is 3. The van der Waals surface area contributed by atoms with Crippen LogP contribution in [0.1, 0.15) is 21.8 Å². The summed E-state index contributed by atoms with van der Waals surface area (Å²) in [5, 5.41) is 19.8. The molecule has 0 bridgehead atoms. The number of nitrogens with one attached hydrogen (secondary N) is 1. The van der Waals surface area contributed by atoms with Gasteiger partial charge in [0.25, 0.3) is 5.91 Å². The number of carbonyl (C=O) groups excluding carboxylic acids is 2. The second kappa shape index (κ2) is 7.83. The Labute approximate surface area is 154 Å². The van der Waals surface area contributed by atoms with E-state index in [1.807, 2.05) is 0 Å². The zero-order chi connectivity index (χ0) is 19.4. The van der Waals surface area contributed by atoms with Gasteiger partial charge >= 0.3 is 0 Å². The van der Waals surface area contributed by atoms with Crippen LogP contribution in [-0.2, 0) is 11.4 Å². The first-order chi connectivity index (χ1) is 13.0. The number of fused-ring (bicyclic) bond motifs is 1. The summed E-state index contributed by atoms with van der Waals surface area (Å²) in [6, 6.07) is 7.41. The molecule has 3 aromatic rings. The van der Waals surface area contributed by atoms with Crippen molar-refractivity contribution >= 4 is 22.8 Å². The van der Waals surface area contributed by atoms with Gasteiger partial charge in [0.1, 0.15) is 35.4 Å². The van der Waals surface area contributed by atoms with Gasteiger partial charge < -0.3 is 25.3 Å². The number of amides is 2. The summed E-state index contributed by atoms with van der Waals surface area (Å²) in [5.41, 5.74) is 6.54. The van der Waals surface area contributed by atoms with Crippen LogP contribution in [0.5, 0.6) is 5.75 Å². The molecule has 9 nitrogen and oxygen atoms in total. The second-order valence-corrected chi connectivity index (χ2v) is 5.81. The van der Waals surface area contributed by atoms with Gasteiger partial charge in [-0.05, 0) is 37.3 Å². The highest BCUT2D eigenvalue weighted by Gasteiger charge is 2.23. The van der Waals surface area contributed by atoms with Crippen molar-refractivity contribution in [1.29, 1.82) is 0 Å². The smallest absolute Gasteiger partial charge is 0.256 e. The lowest BCUT2D eigenvalue weighted by molar-refractivity contribution is -0.120. The Bertz CT molecular complexity index is 971. The number of aryl methyl sites for hydroxylation is 1. The lowest BCUT2D eigenvalue weighted by atomic mass is 10.1. The number of primary amides is 1. The molecule has 0 saturated heterocycles. The number of carbonyl (C=O) groups is 2. The molecule has 2 aromatic heterocycles. The van der Waals surface area contributed by atoms with Crippen molar-refractivity contribution < 1.29 is 23.8 Å². The molecule has 2 heterocycles. The van der Waals surface area contributed by atoms with Gasteiger partial charge in [-0.25, -0.2) is 0 Å². The molecular weight excluding hydrogens is 352 g/mol. The molecule has 4 N–H and O–H groups in total. The minimum absolute atomic E-state index is 0.214. The molecule has 0 saturated carbocycles. The molecule has 2 amide bonds. The number of aromatic nitrogens is 2. The molecule has 0 spiro atoms. The van der Waals surface area contributed by atoms with Crippen molar-refractivity contribution in [2.75, 3.05) is 6.61 Å². The molecule has 1 atom stereocenters. The minimum atomic E-state index is -1.18. The van der Waals surface area contributed by atoms with E-state index in [1.54, 1.807) is 43.5 Å². The van der Waals surface area contributed by atoms with Crippen molar-refractivity contribution in [3.8, 4) is 5.75 Å². The van der Waals surface area contributed by atoms with Crippen molar-refractivity contribution in [2.24, 2.45) is 5.73 Å². The first-order valence-corrected chi connectivity index (χ1v) is 8.13. The van der Waals surface area contributed by atoms with Gasteiger partial charge in [0.2, 0.25) is 5.91 Å². The highest BCUT2D eigenvalue weighted by Crippen LogP contribution is 2.29. The monoisotopic (exact) mass is 370 g/mol. The summed E-state index contributed by atoms with van der Waals surface area (Å²) < 4.78 is 11.3. The fourth-order valence-electron chi connectivity index (χ4n) is 2.58. The maximum absolute atomic E-state index is 12.6. The number of ether oxygens (including phenoxy) is 1. The van der Waals surface area contributed by atoms with E-state index in [-0.39, 0.29) is 12.2 Å². The summed E-state index contributed by atoms with van der Waals surface area (Å²) in [4.78, 5) is 23.8. The van der Waals surface area contributed by atoms with E-state index >= 15 is 0 Å². The SMILES string of the molecule is Cc1oc2ccc(OCc3cccnn3)cc2c1C(=O)N[C@@H](CO)C(N)=O. The molecule has 1 aromatic carbocycles. The average molecular weight is 370 g/mol. The predicted molar refractivity (Wildman–Crippen MR) is 94.8 cm³/mol. The van der Waals surface area contributed by atoms with Crippen LogP contribution in [-0.4, -0.2) is 39.8 Å². The van der Waals surface area contributed by atoms with Gasteiger partial charge in [-0.15, -0.1) is 0 Å². The van der Waals surface area contributed by atoms with Crippen molar-refractivity contribution in [3.05, 3.63) is 53.5 Å². The van der Waals surface area contributed by atoms with Crippen LogP contribution >= 0.6 is 0 Å². The second-order valence-electron chi connectivity index (χ2n) is 5.81. The molecule has 0 fully saturated rings. The third-order valence-corrected chi connectivity index (χ3v) is 3.91. The standard InChI is InChI=1S/C18H18N4O5/c1-10-16(18(25)21-14(8-23)17(19)24)13-7-12(4-5-15(13)27-10)26-9-11-3-2-6-20-22-11/h2-7,14,23H,8-9H2,1H3,(H2,19,24)(H,21,25)/t14-/m0/s1. The number of nitrogens with zero attached hydrogens (tertiary/aromatic N) is 2. The first kappa shape index (κ1) is 18.3. The normalized spacial score (nSPS) is 11.9. The van der Waals surface area contributed by atoms with Crippen LogP contribution < -0.4 is 15.8 Å². The molecule has 3 rings (SSSR count). The van der Waals surface area contributed by atoms with E-state index in [0.29, 0.717) is 28.2 Å². The lowest BCUT2D eigenvalue weighted by Crippen LogP contribution is -2.46. The molecule has 140 valence electrons. The molecule has 0 aliphatic rings. The van der Waals surface area contributed by atoms with E-state index in [9.17, 15) is 14.7 Å². The van der Waals surface area contributed by atoms with E-state index in [0.717, 1.165) is 0 Å². The number of aliphatic hydroxyl groups excluding tert-OH is 1. The van der Waals surface area contributed by atoms with E-state index in [2.05, 4.69) is 15.5 Å². The summed E-state index contributed by atoms with van der Waals surface area (Å²) >= 11 is 0. The van der Waals surface area contributed by atoms with Crippen LogP contribution in [0, 0.1) is 6.92 Å². The zero-order valence-corrected chi connectivity index (χ0v) is 14.5. The molecule has 0 aliphatic carbocycles. The molecule has 0 aliphatic heterocycles. The van der Waals surface area contributed by atoms with Crippen molar-refractivity contribution in [2.45, 2.75) is 19.6 Å². The number of furan rings is 1. The summed E-state index contributed by atoms with van der Waals surface area (Å²) in [6.07, 6.45) is 1.57. The van der Waals surface area contributed by atoms with Gasteiger partial charge in [-0.1, -0.05) is 0 Å². The fourth-order valence-corrected chi connectivity index (χ4v) is 2.58. The summed E-state index contributed by atoms with van der Waals surface area (Å²) in [6.45, 7) is 1.25. The molecular formula is C18H18N4O5. The average Bonchev–Trinajstić information content (AvgIpc) is 3.00. The Morgan fingerprint density at radius 1 is 1.37 bits per heavy atom. The Hall–Kier alpha value is -3.46. The molecule has 0 radical (unpaired) electrons. The van der Waals surface area contributed by atoms with Crippen LogP contribution in [0.2, 0.25) is 0 Å². The fraction of sp³-hybridized carbons (Fsp3) is 0.222. The number of rotatable bonds is 7. The Kier molecular flexibility index (Phi) is 5.32. The van der Waals surface area contributed by atoms with E-state index in [4.69, 9.17) is 14.9 Å². The summed E-state index contributed by atoms with van der Waals surface area (Å²) in [7, 11) is 0. The highest BCUT2D eigenvalue weighted by atomic mass is 16.5. The lowest BCUT2D eigenvalue weighted by Gasteiger charge is -2.12. The van der Waals surface area contributed by atoms with Gasteiger partial charge in [-0.2, -0.15) is 10.2 Å².